The van der Waals surface area contributed by atoms with E-state index in [1.54, 1.807) is 11.8 Å². The maximum Gasteiger partial charge on any atom is 0.248 e. The molecule has 21 heavy (non-hydrogen) atoms. The van der Waals surface area contributed by atoms with Gasteiger partial charge in [-0.2, -0.15) is 0 Å². The van der Waals surface area contributed by atoms with E-state index in [0.29, 0.717) is 5.75 Å². The minimum Gasteiger partial charge on any atom is -0.303 e. The van der Waals surface area contributed by atoms with Gasteiger partial charge in [0.05, 0.1) is 5.75 Å². The Labute approximate surface area is 134 Å². The Morgan fingerprint density at radius 3 is 2.95 bits per heavy atom. The molecule has 114 valence electrons. The van der Waals surface area contributed by atoms with Crippen molar-refractivity contribution in [3.05, 3.63) is 46.6 Å². The van der Waals surface area contributed by atoms with Gasteiger partial charge in [0, 0.05) is 36.0 Å². The molecule has 2 rings (SSSR count). The van der Waals surface area contributed by atoms with Gasteiger partial charge in [0.15, 0.2) is 0 Å². The highest BCUT2D eigenvalue weighted by atomic mass is 35.5. The van der Waals surface area contributed by atoms with E-state index in [1.165, 1.54) is 0 Å². The maximum atomic E-state index is 11.8. The molecule has 0 bridgehead atoms. The van der Waals surface area contributed by atoms with Gasteiger partial charge in [-0.05, 0) is 24.8 Å². The second-order valence-corrected chi connectivity index (χ2v) is 6.39. The van der Waals surface area contributed by atoms with Crippen LogP contribution in [0.1, 0.15) is 12.0 Å². The fourth-order valence-electron chi connectivity index (χ4n) is 1.94. The topological polar surface area (TPSA) is 44.4 Å². The van der Waals surface area contributed by atoms with Gasteiger partial charge in [-0.15, -0.1) is 11.8 Å². The molecular formula is C15H20ClN3OS. The van der Waals surface area contributed by atoms with Crippen molar-refractivity contribution < 1.29 is 4.79 Å². The number of halogens is 1. The summed E-state index contributed by atoms with van der Waals surface area (Å²) in [5.74, 6) is 1.12. The predicted octanol–water partition coefficient (Wildman–Crippen LogP) is 2.41. The van der Waals surface area contributed by atoms with Crippen LogP contribution in [0.3, 0.4) is 0 Å². The molecule has 0 aromatic heterocycles. The van der Waals surface area contributed by atoms with Crippen LogP contribution in [0.15, 0.2) is 36.0 Å². The minimum absolute atomic E-state index is 0.0214. The van der Waals surface area contributed by atoms with E-state index in [2.05, 4.69) is 28.9 Å². The van der Waals surface area contributed by atoms with Crippen molar-refractivity contribution in [1.82, 2.24) is 15.8 Å². The van der Waals surface area contributed by atoms with E-state index >= 15 is 0 Å². The maximum absolute atomic E-state index is 11.8. The Bertz CT molecular complexity index is 521. The van der Waals surface area contributed by atoms with Crippen molar-refractivity contribution in [3.8, 4) is 0 Å². The third kappa shape index (κ3) is 5.61. The smallest absolute Gasteiger partial charge is 0.248 e. The zero-order valence-corrected chi connectivity index (χ0v) is 13.6. The SMILES string of the molecule is CN1CC=C(NNC(=O)CSCc2ccccc2Cl)CC1. The molecule has 1 heterocycles. The molecule has 1 aliphatic heterocycles. The van der Waals surface area contributed by atoms with Crippen LogP contribution in [0.5, 0.6) is 0 Å². The van der Waals surface area contributed by atoms with Crippen LogP contribution in [0.2, 0.25) is 5.02 Å². The lowest BCUT2D eigenvalue weighted by atomic mass is 10.2. The monoisotopic (exact) mass is 325 g/mol. The number of nitrogens with one attached hydrogen (secondary N) is 2. The average molecular weight is 326 g/mol. The molecule has 1 aromatic carbocycles. The van der Waals surface area contributed by atoms with E-state index in [1.807, 2.05) is 24.3 Å². The minimum atomic E-state index is -0.0214. The molecule has 0 unspecified atom stereocenters. The highest BCUT2D eigenvalue weighted by Gasteiger charge is 2.08. The number of benzene rings is 1. The van der Waals surface area contributed by atoms with Crippen molar-refractivity contribution in [2.45, 2.75) is 12.2 Å². The number of amides is 1. The van der Waals surface area contributed by atoms with Gasteiger partial charge in [-0.3, -0.25) is 10.2 Å². The van der Waals surface area contributed by atoms with Crippen LogP contribution >= 0.6 is 23.4 Å². The lowest BCUT2D eigenvalue weighted by Gasteiger charge is -2.22. The average Bonchev–Trinajstić information content (AvgIpc) is 2.49. The second kappa shape index (κ2) is 8.32. The molecule has 0 fully saturated rings. The summed E-state index contributed by atoms with van der Waals surface area (Å²) in [5.41, 5.74) is 7.88. The van der Waals surface area contributed by atoms with Gasteiger partial charge in [0.2, 0.25) is 5.91 Å². The zero-order chi connectivity index (χ0) is 15.1. The van der Waals surface area contributed by atoms with E-state index in [9.17, 15) is 4.79 Å². The summed E-state index contributed by atoms with van der Waals surface area (Å²) in [4.78, 5) is 14.0. The Morgan fingerprint density at radius 1 is 1.43 bits per heavy atom. The highest BCUT2D eigenvalue weighted by Crippen LogP contribution is 2.20. The molecule has 1 aliphatic rings. The fourth-order valence-corrected chi connectivity index (χ4v) is 3.05. The van der Waals surface area contributed by atoms with Gasteiger partial charge in [-0.1, -0.05) is 29.8 Å². The van der Waals surface area contributed by atoms with E-state index in [4.69, 9.17) is 11.6 Å². The van der Waals surface area contributed by atoms with E-state index in [0.717, 1.165) is 41.5 Å². The number of carbonyl (C=O) groups is 1. The zero-order valence-electron chi connectivity index (χ0n) is 12.1. The lowest BCUT2D eigenvalue weighted by Crippen LogP contribution is -2.40. The summed E-state index contributed by atoms with van der Waals surface area (Å²) < 4.78 is 0. The van der Waals surface area contributed by atoms with Crippen LogP contribution in [0.25, 0.3) is 0 Å². The van der Waals surface area contributed by atoms with Crippen LogP contribution in [-0.4, -0.2) is 36.7 Å². The molecule has 0 aliphatic carbocycles. The molecule has 0 saturated carbocycles. The molecule has 0 atom stereocenters. The van der Waals surface area contributed by atoms with Crippen LogP contribution in [0, 0.1) is 0 Å². The van der Waals surface area contributed by atoms with Crippen LogP contribution in [0.4, 0.5) is 0 Å². The number of hydrogen-bond acceptors (Lipinski definition) is 4. The summed E-state index contributed by atoms with van der Waals surface area (Å²) in [5, 5.41) is 0.750. The number of thioether (sulfide) groups is 1. The number of carbonyl (C=O) groups excluding carboxylic acids is 1. The molecule has 4 nitrogen and oxygen atoms in total. The first-order valence-corrected chi connectivity index (χ1v) is 8.42. The normalized spacial score (nSPS) is 15.4. The standard InChI is InChI=1S/C15H20ClN3OS/c1-19-8-6-13(7-9-19)17-18-15(20)11-21-10-12-4-2-3-5-14(12)16/h2-6,17H,7-11H2,1H3,(H,18,20). The number of hydrogen-bond donors (Lipinski definition) is 2. The second-order valence-electron chi connectivity index (χ2n) is 5.00. The van der Waals surface area contributed by atoms with Crippen LogP contribution < -0.4 is 10.9 Å². The number of hydrazine groups is 1. The predicted molar refractivity (Wildman–Crippen MR) is 89.1 cm³/mol. The first kappa shape index (κ1) is 16.2. The van der Waals surface area contributed by atoms with Crippen molar-refractivity contribution in [2.24, 2.45) is 0 Å². The molecule has 6 heteroatoms. The molecule has 1 aromatic rings. The van der Waals surface area contributed by atoms with Crippen molar-refractivity contribution in [3.63, 3.8) is 0 Å². The van der Waals surface area contributed by atoms with Crippen molar-refractivity contribution >= 4 is 29.3 Å². The number of likely N-dealkylation sites (N-methyl/N-ethyl adjacent to an activating group) is 1. The third-order valence-electron chi connectivity index (χ3n) is 3.22. The molecule has 2 N–H and O–H groups in total. The van der Waals surface area contributed by atoms with E-state index < -0.39 is 0 Å². The molecule has 0 spiro atoms. The first-order chi connectivity index (χ1) is 10.1. The Morgan fingerprint density at radius 2 is 2.24 bits per heavy atom. The largest absolute Gasteiger partial charge is 0.303 e. The third-order valence-corrected chi connectivity index (χ3v) is 4.57. The Kier molecular flexibility index (Phi) is 6.42. The lowest BCUT2D eigenvalue weighted by molar-refractivity contribution is -0.119. The molecule has 0 saturated heterocycles. The first-order valence-electron chi connectivity index (χ1n) is 6.89. The number of nitrogens with zero attached hydrogens (tertiary/aromatic N) is 1. The van der Waals surface area contributed by atoms with E-state index in [-0.39, 0.29) is 5.91 Å². The summed E-state index contributed by atoms with van der Waals surface area (Å²) >= 11 is 7.63. The number of rotatable bonds is 6. The van der Waals surface area contributed by atoms with Gasteiger partial charge < -0.3 is 10.3 Å². The van der Waals surface area contributed by atoms with Crippen molar-refractivity contribution in [1.29, 1.82) is 0 Å². The summed E-state index contributed by atoms with van der Waals surface area (Å²) in [7, 11) is 2.08. The Balaban J connectivity index is 1.65. The highest BCUT2D eigenvalue weighted by molar-refractivity contribution is 7.99. The van der Waals surface area contributed by atoms with Gasteiger partial charge in [-0.25, -0.2) is 0 Å². The van der Waals surface area contributed by atoms with Crippen LogP contribution in [-0.2, 0) is 10.5 Å². The summed E-state index contributed by atoms with van der Waals surface area (Å²) in [6.45, 7) is 1.93. The summed E-state index contributed by atoms with van der Waals surface area (Å²) in [6, 6.07) is 7.71. The Hall–Kier alpha value is -1.17. The molecule has 1 amide bonds. The van der Waals surface area contributed by atoms with Gasteiger partial charge in [0.25, 0.3) is 0 Å². The quantitative estimate of drug-likeness (QED) is 0.788. The summed E-state index contributed by atoms with van der Waals surface area (Å²) in [6.07, 6.45) is 3.03. The van der Waals surface area contributed by atoms with Crippen molar-refractivity contribution in [2.75, 3.05) is 25.9 Å². The fraction of sp³-hybridized carbons (Fsp3) is 0.400. The molecule has 0 radical (unpaired) electrons. The van der Waals surface area contributed by atoms with Gasteiger partial charge >= 0.3 is 0 Å². The molecular weight excluding hydrogens is 306 g/mol. The van der Waals surface area contributed by atoms with Gasteiger partial charge in [0.1, 0.15) is 0 Å².